The van der Waals surface area contributed by atoms with Crippen molar-refractivity contribution in [3.8, 4) is 5.75 Å². The van der Waals surface area contributed by atoms with Crippen LogP contribution in [-0.2, 0) is 5.41 Å². The van der Waals surface area contributed by atoms with Gasteiger partial charge in [0.05, 0.1) is 18.2 Å². The number of benzene rings is 2. The Kier molecular flexibility index (Phi) is 6.69. The van der Waals surface area contributed by atoms with Crippen molar-refractivity contribution in [1.29, 1.82) is 0 Å². The maximum atomic E-state index is 14.4. The number of hydrogen-bond acceptors (Lipinski definition) is 6. The zero-order valence-corrected chi connectivity index (χ0v) is 19.7. The topological polar surface area (TPSA) is 93.4 Å². The Morgan fingerprint density at radius 2 is 2.06 bits per heavy atom. The molecule has 35 heavy (non-hydrogen) atoms. The highest BCUT2D eigenvalue weighted by Crippen LogP contribution is 2.42. The first kappa shape index (κ1) is 24.9. The van der Waals surface area contributed by atoms with Gasteiger partial charge < -0.3 is 20.7 Å². The number of nitrogens with zero attached hydrogens (tertiary/aromatic N) is 3. The minimum absolute atomic E-state index is 0.0597. The predicted octanol–water partition coefficient (Wildman–Crippen LogP) is 4.78. The van der Waals surface area contributed by atoms with Gasteiger partial charge in [0.2, 0.25) is 0 Å². The standard InChI is InChI=1S/C23H23F4N5O2S/c1-13-3-5-15(10-16(13)24)22(20-29-12-30-35-20)7-8-32(11-22)21(33)31-17-9-14(4-6-18(17)34-2)19(28)23(25,26)27/h3-6,9-10,12,19H,7-8,11,28H2,1-2H3,(H,31,33)/t19-,22+/m1/s1. The number of anilines is 1. The monoisotopic (exact) mass is 509 g/mol. The number of methoxy groups -OCH3 is 1. The first-order valence-corrected chi connectivity index (χ1v) is 11.4. The Bertz CT molecular complexity index is 1220. The number of rotatable bonds is 5. The van der Waals surface area contributed by atoms with Crippen molar-refractivity contribution in [2.45, 2.75) is 31.0 Å². The zero-order valence-electron chi connectivity index (χ0n) is 18.9. The normalized spacial score (nSPS) is 19.0. The van der Waals surface area contributed by atoms with E-state index in [2.05, 4.69) is 14.7 Å². The Balaban J connectivity index is 1.61. The van der Waals surface area contributed by atoms with Gasteiger partial charge in [0.1, 0.15) is 28.9 Å². The molecule has 186 valence electrons. The highest BCUT2D eigenvalue weighted by Gasteiger charge is 2.45. The number of likely N-dealkylation sites (tertiary alicyclic amines) is 1. The van der Waals surface area contributed by atoms with Gasteiger partial charge in [-0.3, -0.25) is 0 Å². The molecule has 1 aromatic heterocycles. The molecule has 2 atom stereocenters. The molecule has 1 aliphatic heterocycles. The van der Waals surface area contributed by atoms with Crippen molar-refractivity contribution in [3.05, 3.63) is 70.2 Å². The van der Waals surface area contributed by atoms with Crippen molar-refractivity contribution < 1.29 is 27.1 Å². The summed E-state index contributed by atoms with van der Waals surface area (Å²) < 4.78 is 63.0. The van der Waals surface area contributed by atoms with Gasteiger partial charge in [0.25, 0.3) is 0 Å². The minimum atomic E-state index is -4.64. The first-order valence-electron chi connectivity index (χ1n) is 10.6. The molecule has 3 aromatic rings. The molecule has 1 fully saturated rings. The summed E-state index contributed by atoms with van der Waals surface area (Å²) in [7, 11) is 1.34. The molecule has 0 radical (unpaired) electrons. The van der Waals surface area contributed by atoms with Crippen LogP contribution in [-0.4, -0.2) is 46.7 Å². The van der Waals surface area contributed by atoms with Crippen LogP contribution in [0.4, 0.5) is 28.0 Å². The second-order valence-corrected chi connectivity index (χ2v) is 9.15. The molecule has 12 heteroatoms. The van der Waals surface area contributed by atoms with E-state index in [9.17, 15) is 22.4 Å². The van der Waals surface area contributed by atoms with Crippen LogP contribution in [0.1, 0.15) is 34.2 Å². The lowest BCUT2D eigenvalue weighted by molar-refractivity contribution is -0.149. The van der Waals surface area contributed by atoms with Crippen LogP contribution in [0.5, 0.6) is 5.75 Å². The quantitative estimate of drug-likeness (QED) is 0.483. The van der Waals surface area contributed by atoms with Crippen LogP contribution in [0.2, 0.25) is 0 Å². The number of nitrogens with two attached hydrogens (primary N) is 1. The highest BCUT2D eigenvalue weighted by molar-refractivity contribution is 7.05. The fraction of sp³-hybridized carbons (Fsp3) is 0.348. The molecule has 0 unspecified atom stereocenters. The summed E-state index contributed by atoms with van der Waals surface area (Å²) in [4.78, 5) is 19.0. The lowest BCUT2D eigenvalue weighted by atomic mass is 9.80. The molecule has 1 aliphatic rings. The SMILES string of the molecule is COc1ccc([C@@H](N)C(F)(F)F)cc1NC(=O)N1CC[C@](c2ccc(C)c(F)c2)(c2ncns2)C1. The van der Waals surface area contributed by atoms with Crippen LogP contribution in [0, 0.1) is 12.7 Å². The summed E-state index contributed by atoms with van der Waals surface area (Å²) in [5.41, 5.74) is 5.58. The van der Waals surface area contributed by atoms with E-state index < -0.39 is 23.7 Å². The Labute approximate surface area is 203 Å². The fourth-order valence-electron chi connectivity index (χ4n) is 4.19. The molecule has 0 bridgehead atoms. The van der Waals surface area contributed by atoms with E-state index in [-0.39, 0.29) is 29.4 Å². The number of aromatic nitrogens is 2. The number of alkyl halides is 3. The second kappa shape index (κ2) is 9.42. The molecule has 4 rings (SSSR count). The summed E-state index contributed by atoms with van der Waals surface area (Å²) in [5, 5.41) is 3.28. The summed E-state index contributed by atoms with van der Waals surface area (Å²) in [6.45, 7) is 2.16. The average molecular weight is 510 g/mol. The summed E-state index contributed by atoms with van der Waals surface area (Å²) in [6.07, 6.45) is -2.76. The Morgan fingerprint density at radius 3 is 2.69 bits per heavy atom. The second-order valence-electron chi connectivity index (χ2n) is 8.37. The molecule has 1 saturated heterocycles. The molecule has 2 heterocycles. The summed E-state index contributed by atoms with van der Waals surface area (Å²) in [6, 6.07) is 5.86. The van der Waals surface area contributed by atoms with Gasteiger partial charge in [-0.25, -0.2) is 14.2 Å². The van der Waals surface area contributed by atoms with Gasteiger partial charge in [-0.15, -0.1) is 0 Å². The van der Waals surface area contributed by atoms with Crippen molar-refractivity contribution in [1.82, 2.24) is 14.3 Å². The lowest BCUT2D eigenvalue weighted by Gasteiger charge is -2.28. The van der Waals surface area contributed by atoms with Gasteiger partial charge in [-0.2, -0.15) is 17.5 Å². The number of carbonyl (C=O) groups is 1. The molecular weight excluding hydrogens is 486 g/mol. The van der Waals surface area contributed by atoms with E-state index in [1.165, 1.54) is 48.1 Å². The highest BCUT2D eigenvalue weighted by atomic mass is 32.1. The molecule has 0 aliphatic carbocycles. The number of urea groups is 1. The van der Waals surface area contributed by atoms with E-state index in [1.54, 1.807) is 13.0 Å². The zero-order chi connectivity index (χ0) is 25.4. The van der Waals surface area contributed by atoms with Gasteiger partial charge in [0, 0.05) is 13.1 Å². The number of carbonyl (C=O) groups excluding carboxylic acids is 1. The summed E-state index contributed by atoms with van der Waals surface area (Å²) >= 11 is 1.17. The molecule has 2 aromatic carbocycles. The molecule has 3 N–H and O–H groups in total. The third-order valence-electron chi connectivity index (χ3n) is 6.23. The largest absolute Gasteiger partial charge is 0.495 e. The number of ether oxygens (including phenoxy) is 1. The Morgan fingerprint density at radius 1 is 1.29 bits per heavy atom. The number of nitrogens with one attached hydrogen (secondary N) is 1. The number of amides is 2. The van der Waals surface area contributed by atoms with E-state index in [0.29, 0.717) is 29.1 Å². The summed E-state index contributed by atoms with van der Waals surface area (Å²) in [5.74, 6) is -0.177. The van der Waals surface area contributed by atoms with E-state index in [1.807, 2.05) is 6.07 Å². The fourth-order valence-corrected chi connectivity index (χ4v) is 4.94. The van der Waals surface area contributed by atoms with E-state index in [4.69, 9.17) is 10.5 Å². The maximum absolute atomic E-state index is 14.4. The van der Waals surface area contributed by atoms with Crippen LogP contribution >= 0.6 is 11.5 Å². The number of halogens is 4. The van der Waals surface area contributed by atoms with Crippen molar-refractivity contribution >= 4 is 23.3 Å². The molecule has 0 spiro atoms. The van der Waals surface area contributed by atoms with Crippen molar-refractivity contribution in [2.75, 3.05) is 25.5 Å². The van der Waals surface area contributed by atoms with E-state index >= 15 is 0 Å². The maximum Gasteiger partial charge on any atom is 0.407 e. The van der Waals surface area contributed by atoms with Gasteiger partial charge in [-0.05, 0) is 59.8 Å². The Hall–Kier alpha value is -3.25. The lowest BCUT2D eigenvalue weighted by Crippen LogP contribution is -2.37. The third kappa shape index (κ3) is 4.80. The molecular formula is C23H23F4N5O2S. The predicted molar refractivity (Wildman–Crippen MR) is 123 cm³/mol. The number of hydrogen-bond donors (Lipinski definition) is 2. The van der Waals surface area contributed by atoms with Crippen LogP contribution in [0.3, 0.4) is 0 Å². The molecule has 7 nitrogen and oxygen atoms in total. The molecule has 2 amide bonds. The van der Waals surface area contributed by atoms with E-state index in [0.717, 1.165) is 6.07 Å². The minimum Gasteiger partial charge on any atom is -0.495 e. The third-order valence-corrected chi connectivity index (χ3v) is 7.10. The van der Waals surface area contributed by atoms with Crippen LogP contribution < -0.4 is 15.8 Å². The first-order chi connectivity index (χ1) is 16.5. The van der Waals surface area contributed by atoms with Crippen LogP contribution in [0.25, 0.3) is 0 Å². The van der Waals surface area contributed by atoms with Crippen molar-refractivity contribution in [3.63, 3.8) is 0 Å². The molecule has 0 saturated carbocycles. The van der Waals surface area contributed by atoms with Gasteiger partial charge >= 0.3 is 12.2 Å². The average Bonchev–Trinajstić information content (AvgIpc) is 3.51. The van der Waals surface area contributed by atoms with Gasteiger partial charge in [0.15, 0.2) is 0 Å². The van der Waals surface area contributed by atoms with Crippen LogP contribution in [0.15, 0.2) is 42.7 Å². The van der Waals surface area contributed by atoms with Gasteiger partial charge in [-0.1, -0.05) is 18.2 Å². The smallest absolute Gasteiger partial charge is 0.407 e. The van der Waals surface area contributed by atoms with Crippen molar-refractivity contribution in [2.24, 2.45) is 5.73 Å². The number of aryl methyl sites for hydroxylation is 1.